The zero-order valence-corrected chi connectivity index (χ0v) is 20.5. The number of aliphatic imine (C=N–C) groups is 1. The van der Waals surface area contributed by atoms with E-state index in [0.717, 1.165) is 59.2 Å². The summed E-state index contributed by atoms with van der Waals surface area (Å²) in [7, 11) is 0. The van der Waals surface area contributed by atoms with Crippen molar-refractivity contribution in [1.29, 1.82) is 0 Å². The van der Waals surface area contributed by atoms with Crippen molar-refractivity contribution < 1.29 is 18.7 Å². The van der Waals surface area contributed by atoms with Gasteiger partial charge in [0.25, 0.3) is 11.8 Å². The van der Waals surface area contributed by atoms with Crippen molar-refractivity contribution >= 4 is 33.9 Å². The molecule has 1 fully saturated rings. The molecule has 176 valence electrons. The lowest BCUT2D eigenvalue weighted by molar-refractivity contribution is -0.120. The third kappa shape index (κ3) is 4.82. The van der Waals surface area contributed by atoms with E-state index in [9.17, 15) is 9.59 Å². The smallest absolute Gasteiger partial charge is 0.254 e. The number of hydrogen-bond donors (Lipinski definition) is 1. The van der Waals surface area contributed by atoms with Crippen molar-refractivity contribution in [3.8, 4) is 10.4 Å². The lowest BCUT2D eigenvalue weighted by atomic mass is 9.95. The lowest BCUT2D eigenvalue weighted by Gasteiger charge is -2.34. The Morgan fingerprint density at radius 3 is 2.67 bits per heavy atom. The molecule has 0 radical (unpaired) electrons. The predicted octanol–water partition coefficient (Wildman–Crippen LogP) is 4.62. The quantitative estimate of drug-likeness (QED) is 0.640. The average molecular weight is 470 g/mol. The SMILES string of the molecule is CCN(c1sc(-c2ccoc2)c(C(=O)NCC2C(=O)N=C(C)C=C2C)c1C)C1CCOCC1. The van der Waals surface area contributed by atoms with E-state index in [2.05, 4.69) is 22.1 Å². The number of carbonyl (C=O) groups is 2. The van der Waals surface area contributed by atoms with Crippen LogP contribution in [-0.4, -0.2) is 49.9 Å². The number of rotatable bonds is 7. The van der Waals surface area contributed by atoms with E-state index in [1.165, 1.54) is 0 Å². The maximum atomic E-state index is 13.5. The van der Waals surface area contributed by atoms with E-state index >= 15 is 0 Å². The molecule has 0 bridgehead atoms. The summed E-state index contributed by atoms with van der Waals surface area (Å²) in [4.78, 5) is 33.2. The van der Waals surface area contributed by atoms with Crippen molar-refractivity contribution in [1.82, 2.24) is 5.32 Å². The number of nitrogens with one attached hydrogen (secondary N) is 1. The maximum Gasteiger partial charge on any atom is 0.254 e. The molecule has 2 aliphatic heterocycles. The fourth-order valence-electron chi connectivity index (χ4n) is 4.65. The first kappa shape index (κ1) is 23.4. The highest BCUT2D eigenvalue weighted by molar-refractivity contribution is 7.20. The Labute approximate surface area is 198 Å². The second-order valence-corrected chi connectivity index (χ2v) is 9.62. The molecule has 4 heterocycles. The Morgan fingerprint density at radius 2 is 2.03 bits per heavy atom. The van der Waals surface area contributed by atoms with Crippen LogP contribution < -0.4 is 10.2 Å². The van der Waals surface area contributed by atoms with E-state index in [1.54, 1.807) is 23.9 Å². The van der Waals surface area contributed by atoms with E-state index in [-0.39, 0.29) is 18.4 Å². The van der Waals surface area contributed by atoms with Crippen LogP contribution in [0.1, 0.15) is 49.5 Å². The van der Waals surface area contributed by atoms with Crippen molar-refractivity contribution in [2.24, 2.45) is 10.9 Å². The Balaban J connectivity index is 1.63. The topological polar surface area (TPSA) is 84.1 Å². The van der Waals surface area contributed by atoms with Gasteiger partial charge in [0, 0.05) is 43.6 Å². The number of thiophene rings is 1. The third-order valence-electron chi connectivity index (χ3n) is 6.40. The largest absolute Gasteiger partial charge is 0.472 e. The number of furan rings is 1. The minimum absolute atomic E-state index is 0.180. The summed E-state index contributed by atoms with van der Waals surface area (Å²) in [5, 5.41) is 4.11. The first-order chi connectivity index (χ1) is 15.9. The molecule has 1 saturated heterocycles. The molecule has 2 aromatic heterocycles. The summed E-state index contributed by atoms with van der Waals surface area (Å²) in [5.41, 5.74) is 4.10. The maximum absolute atomic E-state index is 13.5. The third-order valence-corrected chi connectivity index (χ3v) is 7.78. The second kappa shape index (κ2) is 10.1. The van der Waals surface area contributed by atoms with Gasteiger partial charge in [0.1, 0.15) is 0 Å². The molecular formula is C25H31N3O4S. The monoisotopic (exact) mass is 469 g/mol. The number of anilines is 1. The number of dihydropyridines is 1. The van der Waals surface area contributed by atoms with Gasteiger partial charge < -0.3 is 19.4 Å². The predicted molar refractivity (Wildman–Crippen MR) is 131 cm³/mol. The van der Waals surface area contributed by atoms with Crippen LogP contribution in [0.5, 0.6) is 0 Å². The summed E-state index contributed by atoms with van der Waals surface area (Å²) in [6, 6.07) is 2.27. The van der Waals surface area contributed by atoms with Crippen molar-refractivity contribution in [3.05, 3.63) is 41.4 Å². The van der Waals surface area contributed by atoms with Gasteiger partial charge in [-0.1, -0.05) is 5.57 Å². The summed E-state index contributed by atoms with van der Waals surface area (Å²) in [6.07, 6.45) is 7.14. The van der Waals surface area contributed by atoms with Gasteiger partial charge >= 0.3 is 0 Å². The second-order valence-electron chi connectivity index (χ2n) is 8.62. The van der Waals surface area contributed by atoms with E-state index in [1.807, 2.05) is 32.9 Å². The molecular weight excluding hydrogens is 438 g/mol. The molecule has 8 heteroatoms. The molecule has 0 aliphatic carbocycles. The molecule has 2 aromatic rings. The van der Waals surface area contributed by atoms with Gasteiger partial charge in [0.05, 0.1) is 33.9 Å². The highest BCUT2D eigenvalue weighted by Gasteiger charge is 2.30. The Morgan fingerprint density at radius 1 is 1.27 bits per heavy atom. The zero-order valence-electron chi connectivity index (χ0n) is 19.6. The average Bonchev–Trinajstić information content (AvgIpc) is 3.43. The van der Waals surface area contributed by atoms with Crippen LogP contribution >= 0.6 is 11.3 Å². The van der Waals surface area contributed by atoms with Gasteiger partial charge in [0.2, 0.25) is 0 Å². The van der Waals surface area contributed by atoms with Gasteiger partial charge in [0.15, 0.2) is 0 Å². The van der Waals surface area contributed by atoms with Crippen LogP contribution in [0.2, 0.25) is 0 Å². The lowest BCUT2D eigenvalue weighted by Crippen LogP contribution is -2.39. The van der Waals surface area contributed by atoms with Gasteiger partial charge in [-0.25, -0.2) is 4.99 Å². The van der Waals surface area contributed by atoms with Gasteiger partial charge in [-0.05, 0) is 58.2 Å². The first-order valence-electron chi connectivity index (χ1n) is 11.5. The van der Waals surface area contributed by atoms with E-state index in [4.69, 9.17) is 9.15 Å². The number of ether oxygens (including phenoxy) is 1. The molecule has 2 amide bonds. The van der Waals surface area contributed by atoms with E-state index in [0.29, 0.717) is 17.3 Å². The zero-order chi connectivity index (χ0) is 23.5. The van der Waals surface area contributed by atoms with Gasteiger partial charge in [-0.3, -0.25) is 9.59 Å². The number of nitrogens with zero attached hydrogens (tertiary/aromatic N) is 2. The number of amides is 2. The van der Waals surface area contributed by atoms with E-state index < -0.39 is 5.92 Å². The van der Waals surface area contributed by atoms with Crippen LogP contribution in [-0.2, 0) is 9.53 Å². The molecule has 2 aliphatic rings. The Kier molecular flexibility index (Phi) is 7.14. The highest BCUT2D eigenvalue weighted by atomic mass is 32.1. The van der Waals surface area contributed by atoms with Crippen LogP contribution in [0, 0.1) is 12.8 Å². The number of allylic oxidation sites excluding steroid dienone is 1. The summed E-state index contributed by atoms with van der Waals surface area (Å²) < 4.78 is 10.9. The molecule has 4 rings (SSSR count). The molecule has 1 N–H and O–H groups in total. The van der Waals surface area contributed by atoms with Crippen molar-refractivity contribution in [3.63, 3.8) is 0 Å². The standard InChI is InChI=1S/C25H31N3O4S/c1-5-28(19-7-10-31-11-8-19)25-17(4)21(22(33-25)18-6-9-32-14-18)24(30)26-13-20-15(2)12-16(3)27-23(20)29/h6,9,12,14,19-20H,5,7-8,10-11,13H2,1-4H3,(H,26,30). The van der Waals surface area contributed by atoms with Crippen LogP contribution in [0.25, 0.3) is 10.4 Å². The Hall–Kier alpha value is -2.71. The fraction of sp³-hybridized carbons (Fsp3) is 0.480. The molecule has 7 nitrogen and oxygen atoms in total. The number of carbonyl (C=O) groups excluding carboxylic acids is 2. The summed E-state index contributed by atoms with van der Waals surface area (Å²) >= 11 is 1.63. The molecule has 33 heavy (non-hydrogen) atoms. The van der Waals surface area contributed by atoms with Gasteiger partial charge in [-0.2, -0.15) is 0 Å². The first-order valence-corrected chi connectivity index (χ1v) is 12.3. The molecule has 1 unspecified atom stereocenters. The Bertz CT molecular complexity index is 1080. The van der Waals surface area contributed by atoms with Crippen molar-refractivity contribution in [2.45, 2.75) is 46.6 Å². The highest BCUT2D eigenvalue weighted by Crippen LogP contribution is 2.43. The molecule has 0 spiro atoms. The summed E-state index contributed by atoms with van der Waals surface area (Å²) in [6.45, 7) is 10.5. The molecule has 1 atom stereocenters. The normalized spacial score (nSPS) is 19.3. The molecule has 0 saturated carbocycles. The van der Waals surface area contributed by atoms with Gasteiger partial charge in [-0.15, -0.1) is 11.3 Å². The number of hydrogen-bond acceptors (Lipinski definition) is 6. The van der Waals surface area contributed by atoms with Crippen LogP contribution in [0.4, 0.5) is 5.00 Å². The molecule has 0 aromatic carbocycles. The minimum Gasteiger partial charge on any atom is -0.472 e. The van der Waals surface area contributed by atoms with Crippen LogP contribution in [0.15, 0.2) is 39.7 Å². The van der Waals surface area contributed by atoms with Crippen molar-refractivity contribution in [2.75, 3.05) is 31.2 Å². The van der Waals surface area contributed by atoms with Crippen LogP contribution in [0.3, 0.4) is 0 Å². The summed E-state index contributed by atoms with van der Waals surface area (Å²) in [5.74, 6) is -0.814. The minimum atomic E-state index is -0.428. The fourth-order valence-corrected chi connectivity index (χ4v) is 6.08.